The molecule has 276 valence electrons. The maximum Gasteiger partial charge on any atom is 0.311 e. The van der Waals surface area contributed by atoms with Gasteiger partial charge in [-0.1, -0.05) is 45.7 Å². The number of ketones is 1. The molecule has 14 atom stereocenters. The summed E-state index contributed by atoms with van der Waals surface area (Å²) in [6.07, 6.45) is -1.22. The quantitative estimate of drug-likeness (QED) is 0.247. The number of nitrogens with zero attached hydrogens (tertiary/aromatic N) is 1. The van der Waals surface area contributed by atoms with Gasteiger partial charge in [-0.3, -0.25) is 14.5 Å². The first-order chi connectivity index (χ1) is 22.8. The van der Waals surface area contributed by atoms with Gasteiger partial charge in [0.15, 0.2) is 6.29 Å². The fourth-order valence-corrected chi connectivity index (χ4v) is 7.62. The van der Waals surface area contributed by atoms with Crippen molar-refractivity contribution in [3.05, 3.63) is 35.4 Å². The first-order valence-electron chi connectivity index (χ1n) is 17.4. The molecule has 2 heterocycles. The van der Waals surface area contributed by atoms with Crippen LogP contribution < -0.4 is 0 Å². The lowest BCUT2D eigenvalue weighted by Gasteiger charge is -2.48. The molecule has 0 spiro atoms. The third kappa shape index (κ3) is 9.10. The number of aliphatic hydroxyl groups is 4. The molecule has 49 heavy (non-hydrogen) atoms. The Hall–Kier alpha value is -2.40. The van der Waals surface area contributed by atoms with Crippen molar-refractivity contribution in [2.24, 2.45) is 23.7 Å². The van der Waals surface area contributed by atoms with Gasteiger partial charge in [-0.15, -0.1) is 6.42 Å². The third-order valence-electron chi connectivity index (χ3n) is 11.0. The minimum absolute atomic E-state index is 0.106. The number of methoxy groups -OCH3 is 1. The summed E-state index contributed by atoms with van der Waals surface area (Å²) in [7, 11) is 3.40. The van der Waals surface area contributed by atoms with Gasteiger partial charge < -0.3 is 39.4 Å². The number of benzene rings is 1. The predicted molar refractivity (Wildman–Crippen MR) is 184 cm³/mol. The Bertz CT molecular complexity index is 1300. The van der Waals surface area contributed by atoms with E-state index >= 15 is 0 Å². The average molecular weight is 690 g/mol. The highest BCUT2D eigenvalue weighted by atomic mass is 16.7. The van der Waals surface area contributed by atoms with Crippen molar-refractivity contribution in [2.75, 3.05) is 14.2 Å². The van der Waals surface area contributed by atoms with Crippen LogP contribution in [0.25, 0.3) is 0 Å². The van der Waals surface area contributed by atoms with E-state index in [-0.39, 0.29) is 30.8 Å². The molecule has 0 bridgehead atoms. The van der Waals surface area contributed by atoms with Crippen molar-refractivity contribution in [3.63, 3.8) is 0 Å². The normalized spacial score (nSPS) is 41.5. The van der Waals surface area contributed by atoms with E-state index in [0.717, 1.165) is 11.1 Å². The van der Waals surface area contributed by atoms with Gasteiger partial charge in [0.25, 0.3) is 0 Å². The lowest BCUT2D eigenvalue weighted by Crippen LogP contribution is -2.60. The van der Waals surface area contributed by atoms with Crippen LogP contribution in [0.15, 0.2) is 24.3 Å². The zero-order valence-corrected chi connectivity index (χ0v) is 30.8. The monoisotopic (exact) mass is 689 g/mol. The van der Waals surface area contributed by atoms with Crippen LogP contribution >= 0.6 is 0 Å². The third-order valence-corrected chi connectivity index (χ3v) is 11.0. The maximum atomic E-state index is 13.8. The minimum atomic E-state index is -1.93. The molecule has 0 aliphatic carbocycles. The lowest BCUT2D eigenvalue weighted by molar-refractivity contribution is -0.302. The molecule has 0 unspecified atom stereocenters. The van der Waals surface area contributed by atoms with Crippen LogP contribution in [0.3, 0.4) is 0 Å². The molecule has 3 rings (SSSR count). The van der Waals surface area contributed by atoms with Crippen LogP contribution in [0.1, 0.15) is 85.8 Å². The van der Waals surface area contributed by atoms with E-state index in [0.29, 0.717) is 13.0 Å². The van der Waals surface area contributed by atoms with Crippen molar-refractivity contribution < 1.29 is 49.0 Å². The molecular formula is C38H59NO10. The summed E-state index contributed by atoms with van der Waals surface area (Å²) in [6.45, 7) is 13.7. The summed E-state index contributed by atoms with van der Waals surface area (Å²) in [5, 5.41) is 46.0. The number of hydrogen-bond acceptors (Lipinski definition) is 11. The second kappa shape index (κ2) is 16.7. The summed E-state index contributed by atoms with van der Waals surface area (Å²) < 4.78 is 24.6. The Labute approximate surface area is 292 Å². The lowest BCUT2D eigenvalue weighted by atomic mass is 9.74. The van der Waals surface area contributed by atoms with Gasteiger partial charge in [-0.25, -0.2) is 0 Å². The van der Waals surface area contributed by atoms with Gasteiger partial charge in [0.1, 0.15) is 23.6 Å². The zero-order chi connectivity index (χ0) is 37.0. The molecule has 0 aromatic heterocycles. The van der Waals surface area contributed by atoms with E-state index in [9.17, 15) is 30.0 Å². The van der Waals surface area contributed by atoms with Crippen LogP contribution in [0.5, 0.6) is 0 Å². The Balaban J connectivity index is 2.00. The summed E-state index contributed by atoms with van der Waals surface area (Å²) in [5.74, 6) is -2.04. The first kappa shape index (κ1) is 41.0. The van der Waals surface area contributed by atoms with Crippen molar-refractivity contribution >= 4 is 11.8 Å². The van der Waals surface area contributed by atoms with E-state index in [1.807, 2.05) is 43.1 Å². The van der Waals surface area contributed by atoms with Crippen LogP contribution in [0, 0.1) is 36.0 Å². The molecular weight excluding hydrogens is 630 g/mol. The molecule has 0 radical (unpaired) electrons. The number of aliphatic hydroxyl groups excluding tert-OH is 3. The number of likely N-dealkylation sites (N-methyl/N-ethyl adjacent to an activating group) is 1. The molecule has 0 amide bonds. The van der Waals surface area contributed by atoms with Gasteiger partial charge in [0.2, 0.25) is 0 Å². The highest BCUT2D eigenvalue weighted by Gasteiger charge is 2.52. The minimum Gasteiger partial charge on any atom is -0.459 e. The van der Waals surface area contributed by atoms with Gasteiger partial charge in [0.05, 0.1) is 35.9 Å². The van der Waals surface area contributed by atoms with Crippen molar-refractivity contribution in [2.45, 2.75) is 141 Å². The van der Waals surface area contributed by atoms with E-state index in [4.69, 9.17) is 25.4 Å². The zero-order valence-electron chi connectivity index (χ0n) is 30.8. The summed E-state index contributed by atoms with van der Waals surface area (Å²) in [5.41, 5.74) is -1.38. The molecule has 2 saturated heterocycles. The molecule has 2 aliphatic rings. The summed E-state index contributed by atoms with van der Waals surface area (Å²) >= 11 is 0. The Morgan fingerprint density at radius 3 is 2.18 bits per heavy atom. The first-order valence-corrected chi connectivity index (χ1v) is 17.4. The molecule has 1 aromatic carbocycles. The number of ether oxygens (including phenoxy) is 4. The molecule has 0 saturated carbocycles. The summed E-state index contributed by atoms with van der Waals surface area (Å²) in [4.78, 5) is 29.2. The smallest absolute Gasteiger partial charge is 0.311 e. The number of cyclic esters (lactones) is 1. The van der Waals surface area contributed by atoms with Crippen molar-refractivity contribution in [3.8, 4) is 12.3 Å². The predicted octanol–water partition coefficient (Wildman–Crippen LogP) is 3.07. The second-order valence-electron chi connectivity index (χ2n) is 14.9. The van der Waals surface area contributed by atoms with Gasteiger partial charge in [0, 0.05) is 43.0 Å². The topological polar surface area (TPSA) is 155 Å². The van der Waals surface area contributed by atoms with Crippen LogP contribution in [-0.4, -0.2) is 111 Å². The maximum absolute atomic E-state index is 13.8. The second-order valence-corrected chi connectivity index (χ2v) is 14.9. The molecule has 1 aromatic rings. The highest BCUT2D eigenvalue weighted by Crippen LogP contribution is 2.39. The van der Waals surface area contributed by atoms with Crippen LogP contribution in [-0.2, 0) is 35.1 Å². The number of rotatable bonds is 7. The number of terminal acetylenes is 1. The Kier molecular flexibility index (Phi) is 14.0. The van der Waals surface area contributed by atoms with Crippen LogP contribution in [0.2, 0.25) is 0 Å². The fraction of sp³-hybridized carbons (Fsp3) is 0.737. The number of carbonyl (C=O) groups is 2. The van der Waals surface area contributed by atoms with E-state index in [1.165, 1.54) is 21.0 Å². The Morgan fingerprint density at radius 2 is 1.63 bits per heavy atom. The molecule has 11 heteroatoms. The standard InChI is InChI=1S/C38H59NO10/c1-12-26-14-16-27(17-15-26)20-39(10)28-18-22(4)47-36(32(28)42)49-34-24(6)31(41)25(7)35(44)48-29(13-2)38(9,45)33(43)23(5)30(40)21(3)19-37(34,8)46-11/h1,14-17,21-25,28-29,31-34,36,41-43,45H,13,18-20H2,2-11H3/t21-,22-,23+,24+,25-,28+,29-,31+,32+,33-,34-,36+,37-,38-/m1/s1. The number of hydrogen-bond donors (Lipinski definition) is 4. The van der Waals surface area contributed by atoms with Crippen molar-refractivity contribution in [1.29, 1.82) is 0 Å². The average Bonchev–Trinajstić information content (AvgIpc) is 3.08. The molecule has 4 N–H and O–H groups in total. The number of esters is 1. The highest BCUT2D eigenvalue weighted by molar-refractivity contribution is 5.83. The fourth-order valence-electron chi connectivity index (χ4n) is 7.62. The number of carbonyl (C=O) groups excluding carboxylic acids is 2. The molecule has 11 nitrogen and oxygen atoms in total. The van der Waals surface area contributed by atoms with E-state index in [1.54, 1.807) is 34.6 Å². The van der Waals surface area contributed by atoms with Crippen LogP contribution in [0.4, 0.5) is 0 Å². The van der Waals surface area contributed by atoms with Gasteiger partial charge in [-0.05, 0) is 71.7 Å². The van der Waals surface area contributed by atoms with Gasteiger partial charge >= 0.3 is 5.97 Å². The molecule has 2 aliphatic heterocycles. The van der Waals surface area contributed by atoms with E-state index < -0.39 is 77.7 Å². The molecule has 2 fully saturated rings. The Morgan fingerprint density at radius 1 is 1.02 bits per heavy atom. The SMILES string of the molecule is C#Cc1ccc(CN(C)[C@H]2C[C@@H](C)O[C@@H](O[C@@H]3[C@@H](C)[C@H](O)[C@@H](C)C(=O)O[C@H](CC)[C@@](C)(O)[C@H](O)[C@@H](C)C(=O)[C@H](C)C[C@@]3(C)OC)[C@H]2O)cc1. The summed E-state index contributed by atoms with van der Waals surface area (Å²) in [6, 6.07) is 7.30. The van der Waals surface area contributed by atoms with Crippen molar-refractivity contribution in [1.82, 2.24) is 4.90 Å². The van der Waals surface area contributed by atoms with Gasteiger partial charge in [-0.2, -0.15) is 0 Å². The largest absolute Gasteiger partial charge is 0.459 e. The number of Topliss-reactive ketones (excluding diaryl/α,β-unsaturated/α-hetero) is 1. The van der Waals surface area contributed by atoms with E-state index in [2.05, 4.69) is 5.92 Å².